The van der Waals surface area contributed by atoms with Gasteiger partial charge in [0.2, 0.25) is 5.91 Å². The second-order valence-electron chi connectivity index (χ2n) is 5.36. The van der Waals surface area contributed by atoms with Crippen molar-refractivity contribution in [2.45, 2.75) is 19.9 Å². The van der Waals surface area contributed by atoms with Gasteiger partial charge in [-0.05, 0) is 42.3 Å². The maximum absolute atomic E-state index is 12.1. The van der Waals surface area contributed by atoms with Crippen LogP contribution in [-0.2, 0) is 17.8 Å². The molecule has 2 amide bonds. The van der Waals surface area contributed by atoms with E-state index >= 15 is 0 Å². The normalized spacial score (nSPS) is 12.5. The Morgan fingerprint density at radius 2 is 2.00 bits per heavy atom. The number of hydrogen-bond acceptors (Lipinski definition) is 3. The van der Waals surface area contributed by atoms with Crippen LogP contribution < -0.4 is 15.4 Å². The maximum Gasteiger partial charge on any atom is 0.251 e. The van der Waals surface area contributed by atoms with Crippen molar-refractivity contribution < 1.29 is 14.3 Å². The molecule has 1 aliphatic rings. The number of rotatable bonds is 5. The Morgan fingerprint density at radius 1 is 1.22 bits per heavy atom. The molecule has 5 heteroatoms. The molecule has 2 N–H and O–H groups in total. The average molecular weight is 310 g/mol. The predicted octanol–water partition coefficient (Wildman–Crippen LogP) is 2.51. The summed E-state index contributed by atoms with van der Waals surface area (Å²) < 4.78 is 5.38. The molecule has 0 radical (unpaired) electrons. The number of nitrogens with one attached hydrogen (secondary N) is 2. The summed E-state index contributed by atoms with van der Waals surface area (Å²) in [4.78, 5) is 23.8. The van der Waals surface area contributed by atoms with Crippen molar-refractivity contribution in [1.29, 1.82) is 0 Å². The predicted molar refractivity (Wildman–Crippen MR) is 87.6 cm³/mol. The molecule has 0 saturated carbocycles. The number of amides is 2. The molecule has 5 nitrogen and oxygen atoms in total. The number of ether oxygens (including phenoxy) is 1. The quantitative estimate of drug-likeness (QED) is 0.891. The van der Waals surface area contributed by atoms with Gasteiger partial charge in [-0.25, -0.2) is 0 Å². The molecule has 2 aromatic carbocycles. The van der Waals surface area contributed by atoms with Crippen molar-refractivity contribution in [2.24, 2.45) is 0 Å². The Labute approximate surface area is 134 Å². The summed E-state index contributed by atoms with van der Waals surface area (Å²) >= 11 is 0. The lowest BCUT2D eigenvalue weighted by Gasteiger charge is -2.08. The summed E-state index contributed by atoms with van der Waals surface area (Å²) in [6.45, 7) is 3.10. The van der Waals surface area contributed by atoms with E-state index in [2.05, 4.69) is 10.6 Å². The highest BCUT2D eigenvalue weighted by atomic mass is 16.5. The van der Waals surface area contributed by atoms with Gasteiger partial charge in [0, 0.05) is 17.8 Å². The van der Waals surface area contributed by atoms with E-state index < -0.39 is 0 Å². The van der Waals surface area contributed by atoms with E-state index in [1.807, 2.05) is 43.3 Å². The molecule has 118 valence electrons. The second kappa shape index (κ2) is 6.52. The fourth-order valence-electron chi connectivity index (χ4n) is 2.55. The van der Waals surface area contributed by atoms with Gasteiger partial charge >= 0.3 is 0 Å². The van der Waals surface area contributed by atoms with Gasteiger partial charge in [-0.1, -0.05) is 18.2 Å². The number of hydrogen-bond donors (Lipinski definition) is 2. The number of benzene rings is 2. The first-order valence-electron chi connectivity index (χ1n) is 7.58. The van der Waals surface area contributed by atoms with E-state index in [0.29, 0.717) is 24.4 Å². The van der Waals surface area contributed by atoms with E-state index in [-0.39, 0.29) is 18.2 Å². The Kier molecular flexibility index (Phi) is 4.28. The van der Waals surface area contributed by atoms with Gasteiger partial charge in [0.25, 0.3) is 5.91 Å². The smallest absolute Gasteiger partial charge is 0.251 e. The van der Waals surface area contributed by atoms with E-state index in [1.54, 1.807) is 6.07 Å². The van der Waals surface area contributed by atoms with Crippen LogP contribution in [-0.4, -0.2) is 18.4 Å². The molecule has 3 rings (SSSR count). The molecule has 1 aliphatic heterocycles. The third-order valence-corrected chi connectivity index (χ3v) is 3.68. The minimum atomic E-state index is -0.118. The van der Waals surface area contributed by atoms with Crippen LogP contribution in [0.2, 0.25) is 0 Å². The summed E-state index contributed by atoms with van der Waals surface area (Å²) in [5.74, 6) is 0.580. The molecular weight excluding hydrogens is 292 g/mol. The monoisotopic (exact) mass is 310 g/mol. The molecule has 1 heterocycles. The first-order chi connectivity index (χ1) is 11.2. The summed E-state index contributed by atoms with van der Waals surface area (Å²) in [7, 11) is 0. The summed E-state index contributed by atoms with van der Waals surface area (Å²) in [6.07, 6.45) is 0.273. The van der Waals surface area contributed by atoms with E-state index in [9.17, 15) is 9.59 Å². The van der Waals surface area contributed by atoms with Gasteiger partial charge in [-0.2, -0.15) is 0 Å². The Bertz CT molecular complexity index is 738. The molecule has 0 saturated heterocycles. The Balaban J connectivity index is 1.63. The number of anilines is 1. The molecule has 0 spiro atoms. The van der Waals surface area contributed by atoms with Crippen LogP contribution in [0.1, 0.15) is 28.4 Å². The van der Waals surface area contributed by atoms with Crippen LogP contribution in [0.4, 0.5) is 5.69 Å². The summed E-state index contributed by atoms with van der Waals surface area (Å²) in [6, 6.07) is 12.8. The third-order valence-electron chi connectivity index (χ3n) is 3.68. The largest absolute Gasteiger partial charge is 0.494 e. The highest BCUT2D eigenvalue weighted by Gasteiger charge is 2.19. The first-order valence-corrected chi connectivity index (χ1v) is 7.58. The third kappa shape index (κ3) is 3.51. The number of fused-ring (bicyclic) bond motifs is 1. The van der Waals surface area contributed by atoms with E-state index in [0.717, 1.165) is 16.9 Å². The Morgan fingerprint density at radius 3 is 2.74 bits per heavy atom. The highest BCUT2D eigenvalue weighted by Crippen LogP contribution is 2.20. The van der Waals surface area contributed by atoms with Crippen molar-refractivity contribution in [3.05, 3.63) is 59.2 Å². The van der Waals surface area contributed by atoms with Crippen molar-refractivity contribution in [3.63, 3.8) is 0 Å². The minimum Gasteiger partial charge on any atom is -0.494 e. The minimum absolute atomic E-state index is 0.0948. The van der Waals surface area contributed by atoms with E-state index in [4.69, 9.17) is 4.74 Å². The van der Waals surface area contributed by atoms with Crippen LogP contribution in [0, 0.1) is 0 Å². The fraction of sp³-hybridized carbons (Fsp3) is 0.222. The molecule has 2 aromatic rings. The van der Waals surface area contributed by atoms with Gasteiger partial charge in [-0.15, -0.1) is 0 Å². The second-order valence-corrected chi connectivity index (χ2v) is 5.36. The van der Waals surface area contributed by atoms with Gasteiger partial charge in [0.1, 0.15) is 5.75 Å². The first kappa shape index (κ1) is 15.1. The van der Waals surface area contributed by atoms with Crippen molar-refractivity contribution in [3.8, 4) is 5.75 Å². The molecule has 0 atom stereocenters. The maximum atomic E-state index is 12.1. The Hall–Kier alpha value is -2.82. The zero-order valence-electron chi connectivity index (χ0n) is 12.9. The van der Waals surface area contributed by atoms with Gasteiger partial charge in [0.15, 0.2) is 0 Å². The molecule has 0 aromatic heterocycles. The van der Waals surface area contributed by atoms with Crippen LogP contribution in [0.25, 0.3) is 0 Å². The van der Waals surface area contributed by atoms with Crippen LogP contribution in [0.15, 0.2) is 42.5 Å². The SMILES string of the molecule is CCOc1ccc(CC(=O)Nc2ccc3c(c2)C(=O)NC3)cc1. The number of carbonyl (C=O) groups is 2. The summed E-state index contributed by atoms with van der Waals surface area (Å²) in [5.41, 5.74) is 3.13. The van der Waals surface area contributed by atoms with Gasteiger partial charge < -0.3 is 15.4 Å². The van der Waals surface area contributed by atoms with Crippen molar-refractivity contribution in [2.75, 3.05) is 11.9 Å². The zero-order chi connectivity index (χ0) is 16.2. The lowest BCUT2D eigenvalue weighted by atomic mass is 10.1. The number of carbonyl (C=O) groups excluding carboxylic acids is 2. The van der Waals surface area contributed by atoms with Crippen molar-refractivity contribution >= 4 is 17.5 Å². The topological polar surface area (TPSA) is 67.4 Å². The summed E-state index contributed by atoms with van der Waals surface area (Å²) in [5, 5.41) is 5.59. The molecule has 23 heavy (non-hydrogen) atoms. The fourth-order valence-corrected chi connectivity index (χ4v) is 2.55. The molecular formula is C18H18N2O3. The van der Waals surface area contributed by atoms with E-state index in [1.165, 1.54) is 0 Å². The zero-order valence-corrected chi connectivity index (χ0v) is 12.9. The average Bonchev–Trinajstić information content (AvgIpc) is 2.90. The van der Waals surface area contributed by atoms with Gasteiger partial charge in [0.05, 0.1) is 13.0 Å². The lowest BCUT2D eigenvalue weighted by molar-refractivity contribution is -0.115. The highest BCUT2D eigenvalue weighted by molar-refractivity contribution is 6.00. The van der Waals surface area contributed by atoms with Gasteiger partial charge in [-0.3, -0.25) is 9.59 Å². The molecule has 0 bridgehead atoms. The molecule has 0 unspecified atom stereocenters. The van der Waals surface area contributed by atoms with Crippen LogP contribution >= 0.6 is 0 Å². The van der Waals surface area contributed by atoms with Crippen LogP contribution in [0.5, 0.6) is 5.75 Å². The standard InChI is InChI=1S/C18H18N2O3/c1-2-23-15-7-3-12(4-8-15)9-17(21)20-14-6-5-13-11-19-18(22)16(13)10-14/h3-8,10H,2,9,11H2,1H3,(H,19,22)(H,20,21). The van der Waals surface area contributed by atoms with Crippen molar-refractivity contribution in [1.82, 2.24) is 5.32 Å². The lowest BCUT2D eigenvalue weighted by Crippen LogP contribution is -2.15. The molecule has 0 aliphatic carbocycles. The molecule has 0 fully saturated rings. The van der Waals surface area contributed by atoms with Crippen LogP contribution in [0.3, 0.4) is 0 Å².